The number of thioether (sulfide) groups is 1. The van der Waals surface area contributed by atoms with Crippen molar-refractivity contribution in [3.8, 4) is 0 Å². The van der Waals surface area contributed by atoms with Gasteiger partial charge in [0.1, 0.15) is 0 Å². The second-order valence-electron chi connectivity index (χ2n) is 3.85. The first-order valence-corrected chi connectivity index (χ1v) is 6.37. The van der Waals surface area contributed by atoms with Gasteiger partial charge < -0.3 is 10.4 Å². The minimum absolute atomic E-state index is 0.00350. The van der Waals surface area contributed by atoms with E-state index in [-0.39, 0.29) is 17.4 Å². The van der Waals surface area contributed by atoms with E-state index in [1.165, 1.54) is 6.42 Å². The lowest BCUT2D eigenvalue weighted by Gasteiger charge is -2.03. The van der Waals surface area contributed by atoms with Crippen LogP contribution in [0.1, 0.15) is 26.2 Å². The number of amides is 1. The summed E-state index contributed by atoms with van der Waals surface area (Å²) in [6.45, 7) is 2.14. The maximum absolute atomic E-state index is 11.3. The molecule has 2 unspecified atom stereocenters. The van der Waals surface area contributed by atoms with Gasteiger partial charge in [-0.05, 0) is 18.8 Å². The first-order valence-electron chi connectivity index (χ1n) is 5.22. The number of carboxylic acids is 1. The van der Waals surface area contributed by atoms with E-state index < -0.39 is 5.97 Å². The first-order chi connectivity index (χ1) is 7.13. The van der Waals surface area contributed by atoms with Gasteiger partial charge in [-0.15, -0.1) is 11.8 Å². The molecule has 2 atom stereocenters. The fraction of sp³-hybridized carbons (Fsp3) is 0.800. The predicted molar refractivity (Wildman–Crippen MR) is 59.9 cm³/mol. The van der Waals surface area contributed by atoms with Crippen molar-refractivity contribution < 1.29 is 14.7 Å². The monoisotopic (exact) mass is 231 g/mol. The van der Waals surface area contributed by atoms with Crippen LogP contribution in [-0.2, 0) is 9.59 Å². The second kappa shape index (κ2) is 6.00. The van der Waals surface area contributed by atoms with Gasteiger partial charge in [-0.3, -0.25) is 9.59 Å². The van der Waals surface area contributed by atoms with Crippen molar-refractivity contribution in [2.24, 2.45) is 5.92 Å². The van der Waals surface area contributed by atoms with Crippen molar-refractivity contribution in [3.63, 3.8) is 0 Å². The zero-order valence-electron chi connectivity index (χ0n) is 8.86. The topological polar surface area (TPSA) is 66.4 Å². The highest BCUT2D eigenvalue weighted by Crippen LogP contribution is 2.34. The minimum atomic E-state index is -0.872. The predicted octanol–water partition coefficient (Wildman–Crippen LogP) is 1.11. The number of carbonyl (C=O) groups excluding carboxylic acids is 1. The summed E-state index contributed by atoms with van der Waals surface area (Å²) in [4.78, 5) is 21.5. The van der Waals surface area contributed by atoms with Crippen LogP contribution in [0.15, 0.2) is 0 Å². The molecule has 1 rings (SSSR count). The van der Waals surface area contributed by atoms with E-state index in [9.17, 15) is 9.59 Å². The van der Waals surface area contributed by atoms with Crippen molar-refractivity contribution in [1.29, 1.82) is 0 Å². The third-order valence-corrected chi connectivity index (χ3v) is 3.30. The van der Waals surface area contributed by atoms with Crippen LogP contribution < -0.4 is 5.32 Å². The molecule has 15 heavy (non-hydrogen) atoms. The van der Waals surface area contributed by atoms with Crippen molar-refractivity contribution in [3.05, 3.63) is 0 Å². The molecule has 0 aromatic heterocycles. The van der Waals surface area contributed by atoms with Gasteiger partial charge >= 0.3 is 5.97 Å². The number of carboxylic acid groups (broad SMARTS) is 1. The Balaban J connectivity index is 2.02. The lowest BCUT2D eigenvalue weighted by Crippen LogP contribution is -2.28. The molecule has 0 saturated heterocycles. The Morgan fingerprint density at radius 3 is 2.80 bits per heavy atom. The number of hydrogen-bond acceptors (Lipinski definition) is 3. The van der Waals surface area contributed by atoms with Crippen LogP contribution in [0.5, 0.6) is 0 Å². The molecule has 1 fully saturated rings. The Kier molecular flexibility index (Phi) is 4.94. The number of rotatable bonds is 7. The molecule has 0 aromatic rings. The van der Waals surface area contributed by atoms with E-state index in [4.69, 9.17) is 5.11 Å². The van der Waals surface area contributed by atoms with Crippen LogP contribution in [0.25, 0.3) is 0 Å². The molecule has 0 bridgehead atoms. The Morgan fingerprint density at radius 1 is 1.47 bits per heavy atom. The van der Waals surface area contributed by atoms with Gasteiger partial charge in [0.2, 0.25) is 5.91 Å². The minimum Gasteiger partial charge on any atom is -0.481 e. The zero-order chi connectivity index (χ0) is 11.3. The Labute approximate surface area is 93.8 Å². The van der Waals surface area contributed by atoms with Gasteiger partial charge in [0.15, 0.2) is 0 Å². The largest absolute Gasteiger partial charge is 0.481 e. The maximum Gasteiger partial charge on any atom is 0.313 e. The third-order valence-electron chi connectivity index (χ3n) is 2.39. The molecule has 0 aromatic carbocycles. The van der Waals surface area contributed by atoms with Crippen LogP contribution in [0, 0.1) is 5.92 Å². The number of hydrogen-bond donors (Lipinski definition) is 2. The molecule has 1 amide bonds. The van der Waals surface area contributed by atoms with Crippen LogP contribution >= 0.6 is 11.8 Å². The average Bonchev–Trinajstić information content (AvgIpc) is 2.83. The highest BCUT2D eigenvalue weighted by Gasteiger charge is 2.36. The lowest BCUT2D eigenvalue weighted by molar-refractivity contribution is -0.133. The molecular formula is C10H17NO3S. The molecule has 1 saturated carbocycles. The van der Waals surface area contributed by atoms with E-state index in [0.29, 0.717) is 12.0 Å². The van der Waals surface area contributed by atoms with Gasteiger partial charge in [-0.2, -0.15) is 0 Å². The summed E-state index contributed by atoms with van der Waals surface area (Å²) in [5.41, 5.74) is 0. The molecule has 2 N–H and O–H groups in total. The Bertz CT molecular complexity index is 245. The molecule has 1 aliphatic carbocycles. The molecule has 0 aliphatic heterocycles. The molecule has 0 heterocycles. The normalized spacial score (nSPS) is 23.5. The smallest absolute Gasteiger partial charge is 0.313 e. The van der Waals surface area contributed by atoms with Gasteiger partial charge in [0.25, 0.3) is 0 Å². The van der Waals surface area contributed by atoms with E-state index in [2.05, 4.69) is 12.2 Å². The van der Waals surface area contributed by atoms with Crippen LogP contribution in [0.2, 0.25) is 0 Å². The Morgan fingerprint density at radius 2 is 2.20 bits per heavy atom. The van der Waals surface area contributed by atoms with Gasteiger partial charge in [0, 0.05) is 6.04 Å². The van der Waals surface area contributed by atoms with Crippen molar-refractivity contribution in [1.82, 2.24) is 5.32 Å². The SMILES string of the molecule is CCCC1CC1NC(=O)CSCC(=O)O. The highest BCUT2D eigenvalue weighted by molar-refractivity contribution is 8.00. The number of nitrogens with one attached hydrogen (secondary N) is 1. The van der Waals surface area contributed by atoms with Gasteiger partial charge in [0.05, 0.1) is 11.5 Å². The molecule has 0 radical (unpaired) electrons. The summed E-state index contributed by atoms with van der Waals surface area (Å²) >= 11 is 1.14. The van der Waals surface area contributed by atoms with Gasteiger partial charge in [-0.1, -0.05) is 13.3 Å². The summed E-state index contributed by atoms with van der Waals surface area (Å²) in [7, 11) is 0. The molecular weight excluding hydrogens is 214 g/mol. The lowest BCUT2D eigenvalue weighted by atomic mass is 10.2. The highest BCUT2D eigenvalue weighted by atomic mass is 32.2. The quantitative estimate of drug-likeness (QED) is 0.689. The second-order valence-corrected chi connectivity index (χ2v) is 4.83. The number of aliphatic carboxylic acids is 1. The fourth-order valence-electron chi connectivity index (χ4n) is 1.59. The van der Waals surface area contributed by atoms with Crippen molar-refractivity contribution in [2.45, 2.75) is 32.2 Å². The summed E-state index contributed by atoms with van der Waals surface area (Å²) in [5, 5.41) is 11.3. The van der Waals surface area contributed by atoms with Crippen LogP contribution in [0.4, 0.5) is 0 Å². The average molecular weight is 231 g/mol. The van der Waals surface area contributed by atoms with Crippen molar-refractivity contribution in [2.75, 3.05) is 11.5 Å². The molecule has 5 heteroatoms. The van der Waals surface area contributed by atoms with Crippen LogP contribution in [-0.4, -0.2) is 34.5 Å². The summed E-state index contributed by atoms with van der Waals surface area (Å²) < 4.78 is 0. The van der Waals surface area contributed by atoms with Gasteiger partial charge in [-0.25, -0.2) is 0 Å². The standard InChI is InChI=1S/C10H17NO3S/c1-2-3-7-4-8(7)11-9(12)5-15-6-10(13)14/h7-8H,2-6H2,1H3,(H,11,12)(H,13,14). The summed E-state index contributed by atoms with van der Waals surface area (Å²) in [5.74, 6) is -0.00524. The molecule has 4 nitrogen and oxygen atoms in total. The van der Waals surface area contributed by atoms with Crippen molar-refractivity contribution >= 4 is 23.6 Å². The first kappa shape index (κ1) is 12.4. The zero-order valence-corrected chi connectivity index (χ0v) is 9.68. The summed E-state index contributed by atoms with van der Waals surface area (Å²) in [6, 6.07) is 0.350. The third kappa shape index (κ3) is 5.06. The molecule has 1 aliphatic rings. The van der Waals surface area contributed by atoms with E-state index in [1.807, 2.05) is 0 Å². The van der Waals surface area contributed by atoms with E-state index >= 15 is 0 Å². The fourth-order valence-corrected chi connectivity index (χ4v) is 2.14. The molecule has 86 valence electrons. The number of carbonyl (C=O) groups is 2. The van der Waals surface area contributed by atoms with E-state index in [1.54, 1.807) is 0 Å². The van der Waals surface area contributed by atoms with Crippen LogP contribution in [0.3, 0.4) is 0 Å². The molecule has 0 spiro atoms. The van der Waals surface area contributed by atoms with E-state index in [0.717, 1.165) is 24.6 Å². The maximum atomic E-state index is 11.3. The Hall–Kier alpha value is -0.710. The summed E-state index contributed by atoms with van der Waals surface area (Å²) in [6.07, 6.45) is 3.42.